The molecule has 1 aromatic carbocycles. The van der Waals surface area contributed by atoms with Gasteiger partial charge in [-0.05, 0) is 0 Å². The van der Waals surface area contributed by atoms with Crippen molar-refractivity contribution in [1.82, 2.24) is 10.2 Å². The van der Waals surface area contributed by atoms with Gasteiger partial charge in [-0.25, -0.2) is 4.79 Å². The van der Waals surface area contributed by atoms with E-state index in [9.17, 15) is 4.79 Å². The molecular weight excluding hydrogens is 206 g/mol. The number of carboxylic acid groups (broad SMARTS) is 1. The molecule has 16 heavy (non-hydrogen) atoms. The van der Waals surface area contributed by atoms with Crippen LogP contribution in [0.4, 0.5) is 5.69 Å². The first-order valence-electron chi connectivity index (χ1n) is 4.60. The second kappa shape index (κ2) is 3.98. The Balaban J connectivity index is 2.66. The summed E-state index contributed by atoms with van der Waals surface area (Å²) in [6.07, 6.45) is 1.23. The summed E-state index contributed by atoms with van der Waals surface area (Å²) in [5, 5.41) is 16.5. The molecule has 80 valence electrons. The minimum Gasteiger partial charge on any atom is -0.478 e. The van der Waals surface area contributed by atoms with E-state index in [1.165, 1.54) is 6.20 Å². The van der Waals surface area contributed by atoms with Crippen molar-refractivity contribution in [1.29, 1.82) is 0 Å². The summed E-state index contributed by atoms with van der Waals surface area (Å²) in [7, 11) is 0. The third-order valence-corrected chi connectivity index (χ3v) is 2.14. The maximum atomic E-state index is 11.1. The lowest BCUT2D eigenvalue weighted by Gasteiger charge is -2.05. The highest BCUT2D eigenvalue weighted by Crippen LogP contribution is 2.24. The minimum atomic E-state index is -1.11. The Kier molecular flexibility index (Phi) is 2.51. The van der Waals surface area contributed by atoms with Gasteiger partial charge in [0.2, 0.25) is 0 Å². The fraction of sp³-hybridized carbons (Fsp3) is 0. The zero-order chi connectivity index (χ0) is 11.5. The molecule has 0 bridgehead atoms. The van der Waals surface area contributed by atoms with E-state index in [-0.39, 0.29) is 16.9 Å². The number of hydrogen-bond acceptors (Lipinski definition) is 4. The fourth-order valence-electron chi connectivity index (χ4n) is 1.42. The number of aromatic carboxylic acids is 1. The van der Waals surface area contributed by atoms with Gasteiger partial charge in [0, 0.05) is 5.56 Å². The second-order valence-electron chi connectivity index (χ2n) is 3.19. The molecule has 3 N–H and O–H groups in total. The van der Waals surface area contributed by atoms with Gasteiger partial charge in [0.25, 0.3) is 0 Å². The molecule has 0 radical (unpaired) electrons. The average molecular weight is 215 g/mol. The third-order valence-electron chi connectivity index (χ3n) is 2.14. The van der Waals surface area contributed by atoms with E-state index in [1.54, 1.807) is 24.3 Å². The summed E-state index contributed by atoms with van der Waals surface area (Å²) in [6.45, 7) is 0. The molecule has 1 aromatic heterocycles. The van der Waals surface area contributed by atoms with Crippen molar-refractivity contribution in [2.24, 2.45) is 0 Å². The SMILES string of the molecule is Nc1cnnc(-c2ccccc2)c1C(=O)O. The van der Waals surface area contributed by atoms with Crippen molar-refractivity contribution in [3.05, 3.63) is 42.1 Å². The van der Waals surface area contributed by atoms with Crippen molar-refractivity contribution in [2.45, 2.75) is 0 Å². The van der Waals surface area contributed by atoms with Crippen LogP contribution in [0.25, 0.3) is 11.3 Å². The molecule has 0 aliphatic heterocycles. The molecule has 0 saturated heterocycles. The predicted octanol–water partition coefficient (Wildman–Crippen LogP) is 1.42. The highest BCUT2D eigenvalue weighted by molar-refractivity contribution is 5.99. The number of carboxylic acids is 1. The van der Waals surface area contributed by atoms with Gasteiger partial charge < -0.3 is 10.8 Å². The Morgan fingerprint density at radius 3 is 2.56 bits per heavy atom. The van der Waals surface area contributed by atoms with Gasteiger partial charge in [-0.1, -0.05) is 30.3 Å². The molecule has 0 spiro atoms. The van der Waals surface area contributed by atoms with Crippen molar-refractivity contribution >= 4 is 11.7 Å². The summed E-state index contributed by atoms with van der Waals surface area (Å²) >= 11 is 0. The maximum absolute atomic E-state index is 11.1. The molecule has 1 heterocycles. The first kappa shape index (κ1) is 10.1. The van der Waals surface area contributed by atoms with Crippen LogP contribution in [-0.2, 0) is 0 Å². The van der Waals surface area contributed by atoms with E-state index >= 15 is 0 Å². The van der Waals surface area contributed by atoms with Gasteiger partial charge >= 0.3 is 5.97 Å². The Bertz CT molecular complexity index is 526. The van der Waals surface area contributed by atoms with Crippen molar-refractivity contribution in [2.75, 3.05) is 5.73 Å². The van der Waals surface area contributed by atoms with Crippen molar-refractivity contribution in [3.8, 4) is 11.3 Å². The topological polar surface area (TPSA) is 89.1 Å². The van der Waals surface area contributed by atoms with Crippen molar-refractivity contribution < 1.29 is 9.90 Å². The number of nitrogen functional groups attached to an aromatic ring is 1. The molecule has 0 unspecified atom stereocenters. The van der Waals surface area contributed by atoms with Crippen LogP contribution in [-0.4, -0.2) is 21.3 Å². The van der Waals surface area contributed by atoms with Crippen LogP contribution < -0.4 is 5.73 Å². The zero-order valence-corrected chi connectivity index (χ0v) is 8.29. The van der Waals surface area contributed by atoms with Gasteiger partial charge in [-0.3, -0.25) is 0 Å². The van der Waals surface area contributed by atoms with E-state index in [0.29, 0.717) is 5.56 Å². The number of anilines is 1. The normalized spacial score (nSPS) is 10.0. The third kappa shape index (κ3) is 1.70. The van der Waals surface area contributed by atoms with E-state index in [2.05, 4.69) is 10.2 Å². The standard InChI is InChI=1S/C11H9N3O2/c12-8-6-13-14-10(9(8)11(15)16)7-4-2-1-3-5-7/h1-6H,(H2,12,14)(H,15,16). The molecular formula is C11H9N3O2. The van der Waals surface area contributed by atoms with Crippen LogP contribution in [0, 0.1) is 0 Å². The molecule has 0 fully saturated rings. The van der Waals surface area contributed by atoms with Crippen LogP contribution in [0.5, 0.6) is 0 Å². The smallest absolute Gasteiger partial charge is 0.340 e. The number of carbonyl (C=O) groups is 1. The molecule has 0 atom stereocenters. The van der Waals surface area contributed by atoms with E-state index in [1.807, 2.05) is 6.07 Å². The van der Waals surface area contributed by atoms with E-state index < -0.39 is 5.97 Å². The summed E-state index contributed by atoms with van der Waals surface area (Å²) in [4.78, 5) is 11.1. The molecule has 0 aliphatic rings. The number of benzene rings is 1. The Morgan fingerprint density at radius 1 is 1.25 bits per heavy atom. The summed E-state index contributed by atoms with van der Waals surface area (Å²) in [5.41, 5.74) is 6.64. The van der Waals surface area contributed by atoms with Crippen LogP contribution in [0.2, 0.25) is 0 Å². The van der Waals surface area contributed by atoms with Crippen LogP contribution in [0.15, 0.2) is 36.5 Å². The predicted molar refractivity (Wildman–Crippen MR) is 58.8 cm³/mol. The van der Waals surface area contributed by atoms with Crippen LogP contribution >= 0.6 is 0 Å². The second-order valence-corrected chi connectivity index (χ2v) is 3.19. The number of rotatable bonds is 2. The molecule has 5 heteroatoms. The lowest BCUT2D eigenvalue weighted by molar-refractivity contribution is 0.0698. The number of nitrogens with two attached hydrogens (primary N) is 1. The first-order valence-corrected chi connectivity index (χ1v) is 4.60. The lowest BCUT2D eigenvalue weighted by Crippen LogP contribution is -2.07. The summed E-state index contributed by atoms with van der Waals surface area (Å²) in [6, 6.07) is 8.95. The molecule has 0 saturated carbocycles. The zero-order valence-electron chi connectivity index (χ0n) is 8.29. The van der Waals surface area contributed by atoms with Crippen LogP contribution in [0.3, 0.4) is 0 Å². The first-order chi connectivity index (χ1) is 7.70. The molecule has 2 rings (SSSR count). The van der Waals surface area contributed by atoms with Gasteiger partial charge in [0.1, 0.15) is 11.3 Å². The monoisotopic (exact) mass is 215 g/mol. The Hall–Kier alpha value is -2.43. The maximum Gasteiger partial charge on any atom is 0.340 e. The van der Waals surface area contributed by atoms with E-state index in [4.69, 9.17) is 10.8 Å². The van der Waals surface area contributed by atoms with Gasteiger partial charge in [0.15, 0.2) is 0 Å². The van der Waals surface area contributed by atoms with Gasteiger partial charge in [0.05, 0.1) is 11.9 Å². The molecule has 0 amide bonds. The van der Waals surface area contributed by atoms with Gasteiger partial charge in [-0.15, -0.1) is 5.10 Å². The van der Waals surface area contributed by atoms with Crippen molar-refractivity contribution in [3.63, 3.8) is 0 Å². The lowest BCUT2D eigenvalue weighted by atomic mass is 10.1. The number of nitrogens with zero attached hydrogens (tertiary/aromatic N) is 2. The molecule has 0 aliphatic carbocycles. The quantitative estimate of drug-likeness (QED) is 0.790. The Morgan fingerprint density at radius 2 is 1.94 bits per heavy atom. The number of hydrogen-bond donors (Lipinski definition) is 2. The number of aromatic nitrogens is 2. The average Bonchev–Trinajstić information content (AvgIpc) is 2.29. The highest BCUT2D eigenvalue weighted by Gasteiger charge is 2.16. The summed E-state index contributed by atoms with van der Waals surface area (Å²) in [5.74, 6) is -1.11. The molecule has 5 nitrogen and oxygen atoms in total. The largest absolute Gasteiger partial charge is 0.478 e. The summed E-state index contributed by atoms with van der Waals surface area (Å²) < 4.78 is 0. The van der Waals surface area contributed by atoms with Crippen LogP contribution in [0.1, 0.15) is 10.4 Å². The van der Waals surface area contributed by atoms with E-state index in [0.717, 1.165) is 0 Å². The Labute approximate surface area is 91.6 Å². The fourth-order valence-corrected chi connectivity index (χ4v) is 1.42. The highest BCUT2D eigenvalue weighted by atomic mass is 16.4. The molecule has 2 aromatic rings. The minimum absolute atomic E-state index is 0.0128. The van der Waals surface area contributed by atoms with Gasteiger partial charge in [-0.2, -0.15) is 5.10 Å².